The first-order valence-electron chi connectivity index (χ1n) is 8.95. The molecule has 162 valence electrons. The van der Waals surface area contributed by atoms with Crippen LogP contribution < -0.4 is 5.32 Å². The van der Waals surface area contributed by atoms with E-state index in [2.05, 4.69) is 20.6 Å². The Morgan fingerprint density at radius 2 is 1.38 bits per heavy atom. The highest BCUT2D eigenvalue weighted by molar-refractivity contribution is 5.80. The molecule has 0 atom stereocenters. The van der Waals surface area contributed by atoms with Gasteiger partial charge in [-0.1, -0.05) is 6.07 Å². The van der Waals surface area contributed by atoms with Crippen LogP contribution >= 0.6 is 0 Å². The first kappa shape index (κ1) is 21.1. The molecule has 4 rings (SSSR count). The van der Waals surface area contributed by atoms with Crippen LogP contribution in [0, 0.1) is 34.9 Å². The van der Waals surface area contributed by atoms with Crippen molar-refractivity contribution < 1.29 is 26.3 Å². The largest absolute Gasteiger partial charge is 0.323 e. The summed E-state index contributed by atoms with van der Waals surface area (Å²) in [6, 6.07) is 8.97. The first-order chi connectivity index (χ1) is 15.3. The molecule has 0 aliphatic carbocycles. The third-order valence-electron chi connectivity index (χ3n) is 4.27. The van der Waals surface area contributed by atoms with Crippen molar-refractivity contribution in [3.8, 4) is 11.4 Å². The zero-order chi connectivity index (χ0) is 22.8. The normalized spacial score (nSPS) is 11.3. The summed E-state index contributed by atoms with van der Waals surface area (Å²) < 4.78 is 83.9. The SMILES string of the molecule is Fc1ccc(Nc2nnc(-c3c(F)cc(F)cc3F)n2/N=C/c2c(F)cccc2F)cc1. The van der Waals surface area contributed by atoms with Gasteiger partial charge in [0.25, 0.3) is 0 Å². The zero-order valence-corrected chi connectivity index (χ0v) is 15.8. The van der Waals surface area contributed by atoms with Crippen molar-refractivity contribution in [2.45, 2.75) is 0 Å². The summed E-state index contributed by atoms with van der Waals surface area (Å²) in [7, 11) is 0. The van der Waals surface area contributed by atoms with Gasteiger partial charge in [-0.05, 0) is 36.4 Å². The van der Waals surface area contributed by atoms with Gasteiger partial charge in [-0.25, -0.2) is 26.3 Å². The fraction of sp³-hybridized carbons (Fsp3) is 0. The van der Waals surface area contributed by atoms with Crippen LogP contribution in [0.3, 0.4) is 0 Å². The molecule has 1 aromatic heterocycles. The molecule has 32 heavy (non-hydrogen) atoms. The molecule has 1 heterocycles. The molecule has 0 radical (unpaired) electrons. The molecule has 0 saturated heterocycles. The summed E-state index contributed by atoms with van der Waals surface area (Å²) in [5.41, 5.74) is -0.990. The van der Waals surface area contributed by atoms with E-state index in [4.69, 9.17) is 0 Å². The number of rotatable bonds is 5. The fourth-order valence-electron chi connectivity index (χ4n) is 2.79. The van der Waals surface area contributed by atoms with Gasteiger partial charge in [0, 0.05) is 17.8 Å². The molecule has 0 amide bonds. The predicted molar refractivity (Wildman–Crippen MR) is 104 cm³/mol. The van der Waals surface area contributed by atoms with Crippen molar-refractivity contribution in [3.05, 3.63) is 95.1 Å². The molecule has 0 aliphatic rings. The maximum absolute atomic E-state index is 14.4. The average molecular weight is 447 g/mol. The smallest absolute Gasteiger partial charge is 0.250 e. The summed E-state index contributed by atoms with van der Waals surface area (Å²) in [6.45, 7) is 0. The molecule has 0 unspecified atom stereocenters. The van der Waals surface area contributed by atoms with Crippen molar-refractivity contribution in [1.29, 1.82) is 0 Å². The standard InChI is InChI=1S/C21H11F6N5/c22-11-4-6-13(7-5-11)29-21-31-30-20(19-17(26)8-12(23)9-18(19)27)32(21)28-10-14-15(24)2-1-3-16(14)25/h1-10H,(H,29,31)/b28-10+. The molecular formula is C21H11F6N5. The molecule has 4 aromatic rings. The predicted octanol–water partition coefficient (Wildman–Crippen LogP) is 5.41. The van der Waals surface area contributed by atoms with E-state index in [1.165, 1.54) is 12.1 Å². The summed E-state index contributed by atoms with van der Waals surface area (Å²) in [6.07, 6.45) is 0.771. The van der Waals surface area contributed by atoms with E-state index in [1.807, 2.05) is 0 Å². The first-order valence-corrected chi connectivity index (χ1v) is 8.95. The summed E-state index contributed by atoms with van der Waals surface area (Å²) in [5.74, 6) is -6.86. The lowest BCUT2D eigenvalue weighted by Gasteiger charge is -2.08. The number of benzene rings is 3. The topological polar surface area (TPSA) is 55.1 Å². The van der Waals surface area contributed by atoms with Gasteiger partial charge in [0.15, 0.2) is 5.82 Å². The summed E-state index contributed by atoms with van der Waals surface area (Å²) in [4.78, 5) is 0. The highest BCUT2D eigenvalue weighted by Crippen LogP contribution is 2.28. The Hall–Kier alpha value is -4.15. The Morgan fingerprint density at radius 3 is 2.00 bits per heavy atom. The molecule has 11 heteroatoms. The number of nitrogens with one attached hydrogen (secondary N) is 1. The van der Waals surface area contributed by atoms with Gasteiger partial charge in [-0.2, -0.15) is 9.78 Å². The Bertz CT molecular complexity index is 1270. The second kappa shape index (κ2) is 8.53. The van der Waals surface area contributed by atoms with Crippen LogP contribution in [-0.4, -0.2) is 21.1 Å². The Morgan fingerprint density at radius 1 is 0.750 bits per heavy atom. The molecule has 1 N–H and O–H groups in total. The summed E-state index contributed by atoms with van der Waals surface area (Å²) >= 11 is 0. The number of nitrogens with zero attached hydrogens (tertiary/aromatic N) is 4. The van der Waals surface area contributed by atoms with Crippen molar-refractivity contribution in [1.82, 2.24) is 14.9 Å². The lowest BCUT2D eigenvalue weighted by atomic mass is 10.2. The minimum absolute atomic E-state index is 0.220. The fourth-order valence-corrected chi connectivity index (χ4v) is 2.79. The quantitative estimate of drug-likeness (QED) is 0.329. The van der Waals surface area contributed by atoms with E-state index in [-0.39, 0.29) is 5.95 Å². The van der Waals surface area contributed by atoms with Gasteiger partial charge in [-0.15, -0.1) is 10.2 Å². The Kier molecular flexibility index (Phi) is 5.63. The number of hydrogen-bond acceptors (Lipinski definition) is 4. The minimum Gasteiger partial charge on any atom is -0.323 e. The van der Waals surface area contributed by atoms with Gasteiger partial charge in [0.2, 0.25) is 5.95 Å². The van der Waals surface area contributed by atoms with Crippen molar-refractivity contribution in [2.75, 3.05) is 5.32 Å². The van der Waals surface area contributed by atoms with Gasteiger partial charge in [-0.3, -0.25) is 0 Å². The minimum atomic E-state index is -1.29. The molecule has 0 aliphatic heterocycles. The van der Waals surface area contributed by atoms with Crippen molar-refractivity contribution in [2.24, 2.45) is 5.10 Å². The number of anilines is 2. The molecule has 0 fully saturated rings. The van der Waals surface area contributed by atoms with Gasteiger partial charge < -0.3 is 5.32 Å². The molecule has 3 aromatic carbocycles. The van der Waals surface area contributed by atoms with Crippen LogP contribution in [0.15, 0.2) is 59.7 Å². The van der Waals surface area contributed by atoms with E-state index in [9.17, 15) is 26.3 Å². The van der Waals surface area contributed by atoms with Crippen molar-refractivity contribution in [3.63, 3.8) is 0 Å². The molecule has 0 spiro atoms. The lowest BCUT2D eigenvalue weighted by molar-refractivity contribution is 0.545. The van der Waals surface area contributed by atoms with Crippen LogP contribution in [0.2, 0.25) is 0 Å². The van der Waals surface area contributed by atoms with E-state index in [0.717, 1.165) is 41.2 Å². The molecule has 0 bridgehead atoms. The number of halogens is 6. The van der Waals surface area contributed by atoms with Gasteiger partial charge >= 0.3 is 0 Å². The van der Waals surface area contributed by atoms with E-state index >= 15 is 0 Å². The third kappa shape index (κ3) is 4.17. The highest BCUT2D eigenvalue weighted by Gasteiger charge is 2.22. The second-order valence-electron chi connectivity index (χ2n) is 6.42. The van der Waals surface area contributed by atoms with Crippen LogP contribution in [0.4, 0.5) is 38.0 Å². The third-order valence-corrected chi connectivity index (χ3v) is 4.27. The monoisotopic (exact) mass is 447 g/mol. The highest BCUT2D eigenvalue weighted by atomic mass is 19.2. The zero-order valence-electron chi connectivity index (χ0n) is 15.8. The van der Waals surface area contributed by atoms with Crippen LogP contribution in [0.1, 0.15) is 5.56 Å². The number of aromatic nitrogens is 3. The molecule has 0 saturated carbocycles. The average Bonchev–Trinajstić information content (AvgIpc) is 3.11. The maximum atomic E-state index is 14.4. The Labute approximate surface area is 176 Å². The van der Waals surface area contributed by atoms with Gasteiger partial charge in [0.05, 0.1) is 17.3 Å². The van der Waals surface area contributed by atoms with Crippen LogP contribution in [0.5, 0.6) is 0 Å². The molecular weight excluding hydrogens is 436 g/mol. The maximum Gasteiger partial charge on any atom is 0.250 e. The van der Waals surface area contributed by atoms with Gasteiger partial charge in [0.1, 0.15) is 34.9 Å². The van der Waals surface area contributed by atoms with Crippen molar-refractivity contribution >= 4 is 17.9 Å². The van der Waals surface area contributed by atoms with E-state index in [1.54, 1.807) is 0 Å². The number of hydrogen-bond donors (Lipinski definition) is 1. The second-order valence-corrected chi connectivity index (χ2v) is 6.42. The van der Waals surface area contributed by atoms with Crippen LogP contribution in [-0.2, 0) is 0 Å². The van der Waals surface area contributed by atoms with Crippen LogP contribution in [0.25, 0.3) is 11.4 Å². The summed E-state index contributed by atoms with van der Waals surface area (Å²) in [5, 5.41) is 14.0. The van der Waals surface area contributed by atoms with E-state index in [0.29, 0.717) is 17.8 Å². The van der Waals surface area contributed by atoms with E-state index < -0.39 is 51.9 Å². The lowest BCUT2D eigenvalue weighted by Crippen LogP contribution is -2.04. The molecule has 5 nitrogen and oxygen atoms in total. The Balaban J connectivity index is 1.85.